The Morgan fingerprint density at radius 3 is 2.39 bits per heavy atom. The van der Waals surface area contributed by atoms with E-state index in [0.717, 1.165) is 11.3 Å². The van der Waals surface area contributed by atoms with Crippen LogP contribution in [0.5, 0.6) is 0 Å². The van der Waals surface area contributed by atoms with Crippen LogP contribution in [0, 0.1) is 0 Å². The summed E-state index contributed by atoms with van der Waals surface area (Å²) in [6, 6.07) is 10.1. The van der Waals surface area contributed by atoms with Gasteiger partial charge < -0.3 is 10.6 Å². The van der Waals surface area contributed by atoms with Crippen LogP contribution < -0.4 is 10.6 Å². The first-order valence-electron chi connectivity index (χ1n) is 7.19. The summed E-state index contributed by atoms with van der Waals surface area (Å²) in [5, 5.41) is 13.2. The molecule has 7 heteroatoms. The number of anilines is 1. The molecule has 0 spiro atoms. The average Bonchev–Trinajstić information content (AvgIpc) is 2.55. The van der Waals surface area contributed by atoms with Gasteiger partial charge in [-0.3, -0.25) is 9.59 Å². The first-order valence-corrected chi connectivity index (χ1v) is 7.57. The van der Waals surface area contributed by atoms with Crippen molar-refractivity contribution in [3.05, 3.63) is 52.8 Å². The zero-order valence-electron chi connectivity index (χ0n) is 12.8. The molecule has 0 aliphatic carbocycles. The average molecular weight is 333 g/mol. The van der Waals surface area contributed by atoms with Crippen LogP contribution in [0.1, 0.15) is 42.4 Å². The number of benzene rings is 1. The highest BCUT2D eigenvalue weighted by atomic mass is 35.5. The Kier molecular flexibility index (Phi) is 5.65. The molecule has 0 unspecified atom stereocenters. The maximum atomic E-state index is 12.1. The Balaban J connectivity index is 1.99. The summed E-state index contributed by atoms with van der Waals surface area (Å²) in [5.41, 5.74) is 1.84. The van der Waals surface area contributed by atoms with Gasteiger partial charge in [-0.2, -0.15) is 0 Å². The number of aromatic nitrogens is 2. The van der Waals surface area contributed by atoms with Crippen molar-refractivity contribution in [2.24, 2.45) is 0 Å². The highest BCUT2D eigenvalue weighted by Gasteiger charge is 2.13. The van der Waals surface area contributed by atoms with Gasteiger partial charge >= 0.3 is 0 Å². The number of nitrogens with zero attached hydrogens (tertiary/aromatic N) is 2. The van der Waals surface area contributed by atoms with E-state index in [1.54, 1.807) is 19.1 Å². The molecule has 0 aliphatic heterocycles. The van der Waals surface area contributed by atoms with E-state index in [1.807, 2.05) is 19.1 Å². The van der Waals surface area contributed by atoms with E-state index in [1.165, 1.54) is 12.1 Å². The van der Waals surface area contributed by atoms with Gasteiger partial charge in [0.1, 0.15) is 0 Å². The van der Waals surface area contributed by atoms with E-state index < -0.39 is 0 Å². The summed E-state index contributed by atoms with van der Waals surface area (Å²) in [6.07, 6.45) is 0.427. The van der Waals surface area contributed by atoms with Gasteiger partial charge in [0, 0.05) is 12.1 Å². The molecule has 0 saturated carbocycles. The minimum Gasteiger partial charge on any atom is -0.344 e. The molecule has 2 aromatic rings. The van der Waals surface area contributed by atoms with Crippen molar-refractivity contribution in [1.82, 2.24) is 15.5 Å². The predicted molar refractivity (Wildman–Crippen MR) is 88.3 cm³/mol. The summed E-state index contributed by atoms with van der Waals surface area (Å²) in [5.74, 6) is -0.370. The van der Waals surface area contributed by atoms with Crippen molar-refractivity contribution >= 4 is 29.1 Å². The molecule has 2 amide bonds. The van der Waals surface area contributed by atoms with Crippen LogP contribution >= 0.6 is 11.6 Å². The SMILES string of the molecule is CCC(=O)Nc1ccc([C@H](C)NC(=O)c2ccc(Cl)nn2)cc1. The molecule has 2 rings (SSSR count). The number of nitrogens with one attached hydrogen (secondary N) is 2. The maximum absolute atomic E-state index is 12.1. The van der Waals surface area contributed by atoms with E-state index in [-0.39, 0.29) is 28.7 Å². The Hall–Kier alpha value is -2.47. The summed E-state index contributed by atoms with van der Waals surface area (Å²) in [4.78, 5) is 23.4. The van der Waals surface area contributed by atoms with Crippen LogP contribution in [0.4, 0.5) is 5.69 Å². The quantitative estimate of drug-likeness (QED) is 0.881. The molecular formula is C16H17ClN4O2. The minimum atomic E-state index is -0.329. The van der Waals surface area contributed by atoms with Crippen molar-refractivity contribution in [2.75, 3.05) is 5.32 Å². The van der Waals surface area contributed by atoms with Crippen LogP contribution in [0.25, 0.3) is 0 Å². The molecule has 0 bridgehead atoms. The lowest BCUT2D eigenvalue weighted by atomic mass is 10.1. The molecule has 0 fully saturated rings. The van der Waals surface area contributed by atoms with Gasteiger partial charge in [0.2, 0.25) is 5.91 Å². The second kappa shape index (κ2) is 7.69. The molecule has 0 radical (unpaired) electrons. The molecule has 23 heavy (non-hydrogen) atoms. The Morgan fingerprint density at radius 1 is 1.13 bits per heavy atom. The Labute approximate surface area is 139 Å². The summed E-state index contributed by atoms with van der Waals surface area (Å²) < 4.78 is 0. The number of hydrogen-bond acceptors (Lipinski definition) is 4. The lowest BCUT2D eigenvalue weighted by Crippen LogP contribution is -2.27. The van der Waals surface area contributed by atoms with Crippen LogP contribution in [-0.2, 0) is 4.79 Å². The third-order valence-electron chi connectivity index (χ3n) is 3.23. The molecule has 0 aliphatic rings. The van der Waals surface area contributed by atoms with Crippen LogP contribution in [0.15, 0.2) is 36.4 Å². The molecular weight excluding hydrogens is 316 g/mol. The first-order chi connectivity index (χ1) is 11.0. The molecule has 2 N–H and O–H groups in total. The number of halogens is 1. The second-order valence-electron chi connectivity index (χ2n) is 4.96. The van der Waals surface area contributed by atoms with E-state index >= 15 is 0 Å². The summed E-state index contributed by atoms with van der Waals surface area (Å²) in [7, 11) is 0. The van der Waals surface area contributed by atoms with E-state index in [9.17, 15) is 9.59 Å². The molecule has 0 saturated heterocycles. The number of carbonyl (C=O) groups is 2. The van der Waals surface area contributed by atoms with Gasteiger partial charge in [-0.25, -0.2) is 0 Å². The number of hydrogen-bond donors (Lipinski definition) is 2. The number of amides is 2. The normalized spacial score (nSPS) is 11.6. The van der Waals surface area contributed by atoms with E-state index in [0.29, 0.717) is 6.42 Å². The second-order valence-corrected chi connectivity index (χ2v) is 5.35. The van der Waals surface area contributed by atoms with E-state index in [2.05, 4.69) is 20.8 Å². The topological polar surface area (TPSA) is 84.0 Å². The van der Waals surface area contributed by atoms with Crippen molar-refractivity contribution in [3.8, 4) is 0 Å². The van der Waals surface area contributed by atoms with Gasteiger partial charge in [0.25, 0.3) is 5.91 Å². The van der Waals surface area contributed by atoms with Gasteiger partial charge in [-0.15, -0.1) is 10.2 Å². The molecule has 120 valence electrons. The largest absolute Gasteiger partial charge is 0.344 e. The van der Waals surface area contributed by atoms with Crippen molar-refractivity contribution in [2.45, 2.75) is 26.3 Å². The molecule has 1 aromatic carbocycles. The van der Waals surface area contributed by atoms with Gasteiger partial charge in [0.15, 0.2) is 10.8 Å². The highest BCUT2D eigenvalue weighted by Crippen LogP contribution is 2.16. The third-order valence-corrected chi connectivity index (χ3v) is 3.43. The lowest BCUT2D eigenvalue weighted by Gasteiger charge is -2.14. The molecule has 1 aromatic heterocycles. The number of rotatable bonds is 5. The van der Waals surface area contributed by atoms with Crippen LogP contribution in [0.2, 0.25) is 5.15 Å². The molecule has 1 heterocycles. The first kappa shape index (κ1) is 16.9. The summed E-state index contributed by atoms with van der Waals surface area (Å²) >= 11 is 5.64. The fraction of sp³-hybridized carbons (Fsp3) is 0.250. The Bertz CT molecular complexity index is 686. The van der Waals surface area contributed by atoms with Crippen LogP contribution in [-0.4, -0.2) is 22.0 Å². The van der Waals surface area contributed by atoms with E-state index in [4.69, 9.17) is 11.6 Å². The smallest absolute Gasteiger partial charge is 0.272 e. The number of carbonyl (C=O) groups excluding carboxylic acids is 2. The van der Waals surface area contributed by atoms with Gasteiger partial charge in [-0.1, -0.05) is 30.7 Å². The predicted octanol–water partition coefficient (Wildman–Crippen LogP) is 2.97. The monoisotopic (exact) mass is 332 g/mol. The minimum absolute atomic E-state index is 0.0413. The highest BCUT2D eigenvalue weighted by molar-refractivity contribution is 6.29. The standard InChI is InChI=1S/C16H17ClN4O2/c1-3-15(22)19-12-6-4-11(5-7-12)10(2)18-16(23)13-8-9-14(17)21-20-13/h4-10H,3H2,1-2H3,(H,18,23)(H,19,22)/t10-/m0/s1. The van der Waals surface area contributed by atoms with Gasteiger partial charge in [0.05, 0.1) is 6.04 Å². The zero-order chi connectivity index (χ0) is 16.8. The fourth-order valence-corrected chi connectivity index (χ4v) is 2.00. The third kappa shape index (κ3) is 4.75. The Morgan fingerprint density at radius 2 is 1.83 bits per heavy atom. The van der Waals surface area contributed by atoms with Crippen molar-refractivity contribution in [1.29, 1.82) is 0 Å². The summed E-state index contributed by atoms with van der Waals surface area (Å²) in [6.45, 7) is 3.65. The zero-order valence-corrected chi connectivity index (χ0v) is 13.6. The lowest BCUT2D eigenvalue weighted by molar-refractivity contribution is -0.115. The fourth-order valence-electron chi connectivity index (χ4n) is 1.90. The molecule has 6 nitrogen and oxygen atoms in total. The van der Waals surface area contributed by atoms with Crippen molar-refractivity contribution < 1.29 is 9.59 Å². The maximum Gasteiger partial charge on any atom is 0.272 e. The van der Waals surface area contributed by atoms with Gasteiger partial charge in [-0.05, 0) is 36.8 Å². The van der Waals surface area contributed by atoms with Crippen LogP contribution in [0.3, 0.4) is 0 Å². The van der Waals surface area contributed by atoms with Crippen molar-refractivity contribution in [3.63, 3.8) is 0 Å². The molecule has 1 atom stereocenters.